The van der Waals surface area contributed by atoms with Crippen molar-refractivity contribution in [1.29, 1.82) is 0 Å². The lowest BCUT2D eigenvalue weighted by Crippen LogP contribution is -2.40. The molecule has 0 saturated carbocycles. The van der Waals surface area contributed by atoms with Crippen LogP contribution in [-0.2, 0) is 9.59 Å². The molecule has 0 unspecified atom stereocenters. The molecule has 0 saturated heterocycles. The quantitative estimate of drug-likeness (QED) is 0.344. The summed E-state index contributed by atoms with van der Waals surface area (Å²) in [5.74, 6) is -0.485. The molecule has 1 amide bonds. The predicted molar refractivity (Wildman–Crippen MR) is 151 cm³/mol. The number of aromatic nitrogens is 1. The van der Waals surface area contributed by atoms with Crippen molar-refractivity contribution in [2.75, 3.05) is 19.0 Å². The standard InChI is InChI=1S/C30H25N3O6S/c1-18-26(28(36)32-21-10-4-3-5-11-21)27(20-9-7-12-22(16-20)38-2)33-29(37)24(40-30(33)31-18)15-19-8-6-13-23(14-19)39-17-25(34)35/h3-16,27H,17H2,1-2H3,(H,32,36)(H,34,35)/b24-15-/t27-/m0/s1. The number of ether oxygens (including phenoxy) is 2. The molecule has 4 aromatic rings. The third-order valence-corrected chi connectivity index (χ3v) is 7.21. The number of methoxy groups -OCH3 is 1. The highest BCUT2D eigenvalue weighted by Crippen LogP contribution is 2.32. The summed E-state index contributed by atoms with van der Waals surface area (Å²) in [5, 5.41) is 11.8. The fourth-order valence-corrected chi connectivity index (χ4v) is 5.50. The number of amides is 1. The Hall–Kier alpha value is -4.96. The van der Waals surface area contributed by atoms with Gasteiger partial charge in [0.1, 0.15) is 11.5 Å². The molecule has 0 radical (unpaired) electrons. The third-order valence-electron chi connectivity index (χ3n) is 6.23. The van der Waals surface area contributed by atoms with Crippen LogP contribution < -0.4 is 29.7 Å². The summed E-state index contributed by atoms with van der Waals surface area (Å²) in [4.78, 5) is 43.5. The van der Waals surface area contributed by atoms with E-state index in [1.54, 1.807) is 68.6 Å². The predicted octanol–water partition coefficient (Wildman–Crippen LogP) is 3.35. The minimum atomic E-state index is -1.08. The van der Waals surface area contributed by atoms with Crippen molar-refractivity contribution in [2.45, 2.75) is 13.0 Å². The Bertz CT molecular complexity index is 1810. The number of carbonyl (C=O) groups is 2. The maximum atomic E-state index is 13.9. The molecular weight excluding hydrogens is 530 g/mol. The Balaban J connectivity index is 1.63. The van der Waals surface area contributed by atoms with Crippen LogP contribution in [0.25, 0.3) is 6.08 Å². The second-order valence-electron chi connectivity index (χ2n) is 8.93. The minimum absolute atomic E-state index is 0.314. The van der Waals surface area contributed by atoms with Crippen LogP contribution in [0.2, 0.25) is 0 Å². The van der Waals surface area contributed by atoms with Crippen LogP contribution in [0.1, 0.15) is 24.1 Å². The van der Waals surface area contributed by atoms with Crippen LogP contribution in [0.3, 0.4) is 0 Å². The van der Waals surface area contributed by atoms with Gasteiger partial charge >= 0.3 is 5.97 Å². The number of carboxylic acids is 1. The molecule has 40 heavy (non-hydrogen) atoms. The van der Waals surface area contributed by atoms with E-state index in [1.165, 1.54) is 15.9 Å². The molecule has 1 aromatic heterocycles. The fraction of sp³-hybridized carbons (Fsp3) is 0.133. The second-order valence-corrected chi connectivity index (χ2v) is 9.94. The molecule has 0 fully saturated rings. The molecular formula is C30H25N3O6S. The lowest BCUT2D eigenvalue weighted by molar-refractivity contribution is -0.139. The number of benzene rings is 3. The zero-order valence-corrected chi connectivity index (χ0v) is 22.5. The number of fused-ring (bicyclic) bond motifs is 1. The molecule has 1 aliphatic heterocycles. The molecule has 0 spiro atoms. The van der Waals surface area contributed by atoms with Crippen LogP contribution in [0.5, 0.6) is 11.5 Å². The van der Waals surface area contributed by atoms with Crippen LogP contribution >= 0.6 is 11.3 Å². The number of nitrogens with one attached hydrogen (secondary N) is 1. The molecule has 2 N–H and O–H groups in total. The first-order chi connectivity index (χ1) is 19.3. The monoisotopic (exact) mass is 555 g/mol. The van der Waals surface area contributed by atoms with Crippen LogP contribution in [0.15, 0.2) is 99.9 Å². The number of carboxylic acid groups (broad SMARTS) is 1. The van der Waals surface area contributed by atoms with E-state index in [4.69, 9.17) is 14.6 Å². The number of hydrogen-bond donors (Lipinski definition) is 2. The first-order valence-electron chi connectivity index (χ1n) is 12.3. The molecule has 0 bridgehead atoms. The Morgan fingerprint density at radius 1 is 1.05 bits per heavy atom. The second kappa shape index (κ2) is 11.4. The summed E-state index contributed by atoms with van der Waals surface area (Å²) >= 11 is 1.21. The molecule has 2 heterocycles. The van der Waals surface area contributed by atoms with E-state index >= 15 is 0 Å². The number of aliphatic carboxylic acids is 1. The average molecular weight is 556 g/mol. The van der Waals surface area contributed by atoms with Crippen LogP contribution in [0.4, 0.5) is 5.69 Å². The minimum Gasteiger partial charge on any atom is -0.497 e. The molecule has 0 aliphatic carbocycles. The SMILES string of the molecule is COc1cccc([C@H]2C(C(=O)Nc3ccccc3)=C(C)N=c3s/c(=C\c4cccc(OCC(=O)O)c4)c(=O)n32)c1. The van der Waals surface area contributed by atoms with Gasteiger partial charge in [0.05, 0.1) is 29.0 Å². The van der Waals surface area contributed by atoms with Crippen molar-refractivity contribution >= 4 is 35.0 Å². The van der Waals surface area contributed by atoms with Crippen LogP contribution in [0, 0.1) is 0 Å². The number of allylic oxidation sites excluding steroid dienone is 1. The summed E-state index contributed by atoms with van der Waals surface area (Å²) in [6.07, 6.45) is 1.70. The molecule has 1 atom stereocenters. The molecule has 10 heteroatoms. The first kappa shape index (κ1) is 26.6. The van der Waals surface area contributed by atoms with Gasteiger partial charge in [-0.2, -0.15) is 0 Å². The van der Waals surface area contributed by atoms with Gasteiger partial charge in [0.15, 0.2) is 11.4 Å². The van der Waals surface area contributed by atoms with E-state index in [0.29, 0.717) is 48.9 Å². The van der Waals surface area contributed by atoms with Gasteiger partial charge in [-0.1, -0.05) is 53.8 Å². The topological polar surface area (TPSA) is 119 Å². The molecule has 3 aromatic carbocycles. The highest BCUT2D eigenvalue weighted by atomic mass is 32.1. The molecule has 5 rings (SSSR count). The summed E-state index contributed by atoms with van der Waals surface area (Å²) in [5.41, 5.74) is 2.51. The van der Waals surface area contributed by atoms with E-state index in [2.05, 4.69) is 10.3 Å². The number of nitrogens with zero attached hydrogens (tertiary/aromatic N) is 2. The third kappa shape index (κ3) is 5.57. The zero-order chi connectivity index (χ0) is 28.2. The highest BCUT2D eigenvalue weighted by molar-refractivity contribution is 7.07. The maximum Gasteiger partial charge on any atom is 0.341 e. The number of thiazole rings is 1. The highest BCUT2D eigenvalue weighted by Gasteiger charge is 2.32. The van der Waals surface area contributed by atoms with Gasteiger partial charge in [-0.3, -0.25) is 14.2 Å². The van der Waals surface area contributed by atoms with E-state index in [0.717, 1.165) is 0 Å². The van der Waals surface area contributed by atoms with Gasteiger partial charge in [0, 0.05) is 5.69 Å². The number of rotatable bonds is 8. The lowest BCUT2D eigenvalue weighted by atomic mass is 9.95. The van der Waals surface area contributed by atoms with E-state index in [9.17, 15) is 14.4 Å². The van der Waals surface area contributed by atoms with Crippen molar-refractivity contribution in [3.63, 3.8) is 0 Å². The summed E-state index contributed by atoms with van der Waals surface area (Å²) in [6.45, 7) is 1.28. The molecule has 9 nitrogen and oxygen atoms in total. The van der Waals surface area contributed by atoms with Gasteiger partial charge < -0.3 is 19.9 Å². The largest absolute Gasteiger partial charge is 0.497 e. The Morgan fingerprint density at radius 3 is 2.55 bits per heavy atom. The average Bonchev–Trinajstić information content (AvgIpc) is 3.25. The number of hydrogen-bond acceptors (Lipinski definition) is 7. The van der Waals surface area contributed by atoms with E-state index in [1.807, 2.05) is 30.3 Å². The van der Waals surface area contributed by atoms with Crippen molar-refractivity contribution in [3.05, 3.63) is 121 Å². The Morgan fingerprint density at radius 2 is 1.80 bits per heavy atom. The Kier molecular flexibility index (Phi) is 7.61. The van der Waals surface area contributed by atoms with E-state index < -0.39 is 18.6 Å². The number of anilines is 1. The normalized spacial score (nSPS) is 14.8. The van der Waals surface area contributed by atoms with E-state index in [-0.39, 0.29) is 11.5 Å². The van der Waals surface area contributed by atoms with Crippen molar-refractivity contribution in [2.24, 2.45) is 4.99 Å². The number of para-hydroxylation sites is 1. The summed E-state index contributed by atoms with van der Waals surface area (Å²) in [6, 6.07) is 22.4. The maximum absolute atomic E-state index is 13.9. The number of carbonyl (C=O) groups excluding carboxylic acids is 1. The smallest absolute Gasteiger partial charge is 0.341 e. The Labute approximate surface area is 233 Å². The van der Waals surface area contributed by atoms with Gasteiger partial charge in [-0.05, 0) is 60.5 Å². The van der Waals surface area contributed by atoms with Gasteiger partial charge in [0.25, 0.3) is 11.5 Å². The van der Waals surface area contributed by atoms with Crippen molar-refractivity contribution in [3.8, 4) is 11.5 Å². The van der Waals surface area contributed by atoms with Gasteiger partial charge in [0.2, 0.25) is 0 Å². The zero-order valence-electron chi connectivity index (χ0n) is 21.7. The summed E-state index contributed by atoms with van der Waals surface area (Å²) < 4.78 is 12.6. The van der Waals surface area contributed by atoms with Gasteiger partial charge in [-0.15, -0.1) is 0 Å². The van der Waals surface area contributed by atoms with Crippen molar-refractivity contribution < 1.29 is 24.2 Å². The summed E-state index contributed by atoms with van der Waals surface area (Å²) in [7, 11) is 1.56. The first-order valence-corrected chi connectivity index (χ1v) is 13.1. The fourth-order valence-electron chi connectivity index (χ4n) is 4.45. The van der Waals surface area contributed by atoms with Gasteiger partial charge in [-0.25, -0.2) is 9.79 Å². The lowest BCUT2D eigenvalue weighted by Gasteiger charge is -2.25. The molecule has 1 aliphatic rings. The van der Waals surface area contributed by atoms with Crippen LogP contribution in [-0.4, -0.2) is 35.3 Å². The van der Waals surface area contributed by atoms with Crippen molar-refractivity contribution in [1.82, 2.24) is 4.57 Å². The molecule has 202 valence electrons.